The van der Waals surface area contributed by atoms with Crippen molar-refractivity contribution in [2.75, 3.05) is 26.2 Å². The molecule has 4 heteroatoms. The van der Waals surface area contributed by atoms with Gasteiger partial charge < -0.3 is 9.80 Å². The first-order valence-electron chi connectivity index (χ1n) is 8.05. The van der Waals surface area contributed by atoms with Gasteiger partial charge >= 0.3 is 0 Å². The summed E-state index contributed by atoms with van der Waals surface area (Å²) in [6.07, 6.45) is 1.09. The third-order valence-electron chi connectivity index (χ3n) is 4.34. The summed E-state index contributed by atoms with van der Waals surface area (Å²) in [6, 6.07) is 9.83. The summed E-state index contributed by atoms with van der Waals surface area (Å²) in [6.45, 7) is 10.3. The molecule has 1 saturated heterocycles. The van der Waals surface area contributed by atoms with E-state index in [1.54, 1.807) is 0 Å². The van der Waals surface area contributed by atoms with Crippen LogP contribution in [-0.2, 0) is 4.79 Å². The lowest BCUT2D eigenvalue weighted by Crippen LogP contribution is -2.42. The highest BCUT2D eigenvalue weighted by atomic mass is 16.2. The van der Waals surface area contributed by atoms with Crippen molar-refractivity contribution in [1.29, 1.82) is 0 Å². The zero-order valence-corrected chi connectivity index (χ0v) is 13.4. The van der Waals surface area contributed by atoms with E-state index in [0.717, 1.165) is 38.2 Å². The Bertz CT molecular complexity index is 445. The van der Waals surface area contributed by atoms with E-state index in [4.69, 9.17) is 0 Å². The van der Waals surface area contributed by atoms with Crippen molar-refractivity contribution < 1.29 is 4.79 Å². The maximum absolute atomic E-state index is 12.7. The summed E-state index contributed by atoms with van der Waals surface area (Å²) in [7, 11) is 0. The van der Waals surface area contributed by atoms with E-state index in [0.29, 0.717) is 0 Å². The van der Waals surface area contributed by atoms with Gasteiger partial charge in [0, 0.05) is 13.1 Å². The minimum Gasteiger partial charge on any atom is -0.324 e. The molecule has 1 N–H and O–H groups in total. The zero-order valence-electron chi connectivity index (χ0n) is 13.4. The first kappa shape index (κ1) is 16.0. The highest BCUT2D eigenvalue weighted by Crippen LogP contribution is 2.25. The molecule has 2 unspecified atom stereocenters. The first-order chi connectivity index (χ1) is 10.2. The maximum atomic E-state index is 12.7. The summed E-state index contributed by atoms with van der Waals surface area (Å²) in [4.78, 5) is 17.1. The Balaban J connectivity index is 2.05. The molecule has 1 aliphatic heterocycles. The Morgan fingerprint density at radius 2 is 1.81 bits per heavy atom. The monoisotopic (exact) mass is 289 g/mol. The number of nitrogens with one attached hydrogen (secondary N) is 1. The standard InChI is InChI=1S/C17H27N3O/c1-4-15-18-16(14-10-8-7-9-11-14)17(21)20(15)13-12-19(5-2)6-3/h7-11,15-16,18H,4-6,12-13H2,1-3H3. The average molecular weight is 289 g/mol. The van der Waals surface area contributed by atoms with Gasteiger partial charge in [-0.05, 0) is 25.1 Å². The minimum absolute atomic E-state index is 0.151. The molecule has 0 radical (unpaired) electrons. The van der Waals surface area contributed by atoms with Crippen LogP contribution in [0.5, 0.6) is 0 Å². The molecule has 2 atom stereocenters. The summed E-state index contributed by atoms with van der Waals surface area (Å²) < 4.78 is 0. The third kappa shape index (κ3) is 3.63. The lowest BCUT2D eigenvalue weighted by atomic mass is 10.1. The molecule has 0 saturated carbocycles. The first-order valence-corrected chi connectivity index (χ1v) is 8.05. The summed E-state index contributed by atoms with van der Waals surface area (Å²) >= 11 is 0. The topological polar surface area (TPSA) is 35.6 Å². The minimum atomic E-state index is -0.187. The number of benzene rings is 1. The van der Waals surface area contributed by atoms with Crippen molar-refractivity contribution in [3.63, 3.8) is 0 Å². The molecule has 1 heterocycles. The van der Waals surface area contributed by atoms with Crippen LogP contribution in [0.15, 0.2) is 30.3 Å². The van der Waals surface area contributed by atoms with Gasteiger partial charge in [0.1, 0.15) is 6.04 Å². The number of likely N-dealkylation sites (N-methyl/N-ethyl adjacent to an activating group) is 1. The van der Waals surface area contributed by atoms with Crippen LogP contribution in [0, 0.1) is 0 Å². The molecular weight excluding hydrogens is 262 g/mol. The second-order valence-corrected chi connectivity index (χ2v) is 5.49. The van der Waals surface area contributed by atoms with Gasteiger partial charge in [-0.2, -0.15) is 0 Å². The molecule has 116 valence electrons. The molecule has 4 nitrogen and oxygen atoms in total. The number of amides is 1. The molecule has 0 aliphatic carbocycles. The van der Waals surface area contributed by atoms with Gasteiger partial charge in [-0.1, -0.05) is 51.1 Å². The Kier molecular flexibility index (Phi) is 5.76. The summed E-state index contributed by atoms with van der Waals surface area (Å²) in [5.74, 6) is 0.209. The maximum Gasteiger partial charge on any atom is 0.245 e. The lowest BCUT2D eigenvalue weighted by molar-refractivity contribution is -0.130. The normalized spacial score (nSPS) is 22.3. The molecule has 0 aromatic heterocycles. The molecule has 0 spiro atoms. The Hall–Kier alpha value is -1.39. The summed E-state index contributed by atoms with van der Waals surface area (Å²) in [5, 5.41) is 3.47. The van der Waals surface area contributed by atoms with Crippen LogP contribution < -0.4 is 5.32 Å². The van der Waals surface area contributed by atoms with Gasteiger partial charge in [0.25, 0.3) is 0 Å². The van der Waals surface area contributed by atoms with E-state index in [9.17, 15) is 4.79 Å². The van der Waals surface area contributed by atoms with Gasteiger partial charge in [0.2, 0.25) is 5.91 Å². The van der Waals surface area contributed by atoms with Crippen molar-refractivity contribution in [3.05, 3.63) is 35.9 Å². The van der Waals surface area contributed by atoms with Gasteiger partial charge in [0.05, 0.1) is 6.17 Å². The van der Waals surface area contributed by atoms with Gasteiger partial charge in [-0.3, -0.25) is 10.1 Å². The molecule has 21 heavy (non-hydrogen) atoms. The van der Waals surface area contributed by atoms with E-state index in [1.165, 1.54) is 0 Å². The highest BCUT2D eigenvalue weighted by Gasteiger charge is 2.38. The molecule has 1 amide bonds. The van der Waals surface area contributed by atoms with Crippen LogP contribution in [0.1, 0.15) is 38.8 Å². The Morgan fingerprint density at radius 3 is 2.38 bits per heavy atom. The fourth-order valence-corrected chi connectivity index (χ4v) is 2.95. The van der Waals surface area contributed by atoms with Crippen LogP contribution in [0.3, 0.4) is 0 Å². The Labute approximate surface area is 128 Å². The highest BCUT2D eigenvalue weighted by molar-refractivity contribution is 5.85. The van der Waals surface area contributed by atoms with E-state index < -0.39 is 0 Å². The van der Waals surface area contributed by atoms with Crippen LogP contribution >= 0.6 is 0 Å². The Morgan fingerprint density at radius 1 is 1.14 bits per heavy atom. The molecule has 1 aliphatic rings. The van der Waals surface area contributed by atoms with Crippen molar-refractivity contribution in [1.82, 2.24) is 15.1 Å². The fourth-order valence-electron chi connectivity index (χ4n) is 2.95. The average Bonchev–Trinajstić information content (AvgIpc) is 2.85. The molecule has 2 rings (SSSR count). The smallest absolute Gasteiger partial charge is 0.245 e. The van der Waals surface area contributed by atoms with Crippen molar-refractivity contribution in [2.45, 2.75) is 39.4 Å². The summed E-state index contributed by atoms with van der Waals surface area (Å²) in [5.41, 5.74) is 1.06. The molecule has 0 bridgehead atoms. The molecule has 1 aromatic carbocycles. The number of hydrogen-bond acceptors (Lipinski definition) is 3. The van der Waals surface area contributed by atoms with Gasteiger partial charge in [0.15, 0.2) is 0 Å². The largest absolute Gasteiger partial charge is 0.324 e. The van der Waals surface area contributed by atoms with Crippen LogP contribution in [0.4, 0.5) is 0 Å². The number of carbonyl (C=O) groups excluding carboxylic acids is 1. The van der Waals surface area contributed by atoms with E-state index in [-0.39, 0.29) is 18.1 Å². The quantitative estimate of drug-likeness (QED) is 0.836. The predicted molar refractivity (Wildman–Crippen MR) is 85.9 cm³/mol. The number of rotatable bonds is 7. The van der Waals surface area contributed by atoms with Gasteiger partial charge in [-0.15, -0.1) is 0 Å². The van der Waals surface area contributed by atoms with Gasteiger partial charge in [-0.25, -0.2) is 0 Å². The van der Waals surface area contributed by atoms with Crippen LogP contribution in [-0.4, -0.2) is 48.1 Å². The lowest BCUT2D eigenvalue weighted by Gasteiger charge is -2.26. The van der Waals surface area contributed by atoms with Crippen LogP contribution in [0.25, 0.3) is 0 Å². The van der Waals surface area contributed by atoms with E-state index in [2.05, 4.69) is 31.0 Å². The second-order valence-electron chi connectivity index (χ2n) is 5.49. The van der Waals surface area contributed by atoms with Crippen molar-refractivity contribution in [2.24, 2.45) is 0 Å². The number of nitrogens with zero attached hydrogens (tertiary/aromatic N) is 2. The van der Waals surface area contributed by atoms with E-state index >= 15 is 0 Å². The van der Waals surface area contributed by atoms with Crippen molar-refractivity contribution in [3.8, 4) is 0 Å². The zero-order chi connectivity index (χ0) is 15.2. The third-order valence-corrected chi connectivity index (χ3v) is 4.34. The van der Waals surface area contributed by atoms with Crippen LogP contribution in [0.2, 0.25) is 0 Å². The molecule has 1 aromatic rings. The van der Waals surface area contributed by atoms with Crippen molar-refractivity contribution >= 4 is 5.91 Å². The second kappa shape index (κ2) is 7.57. The number of carbonyl (C=O) groups is 1. The molecule has 1 fully saturated rings. The SMILES string of the molecule is CCC1NC(c2ccccc2)C(=O)N1CCN(CC)CC. The van der Waals surface area contributed by atoms with E-state index in [1.807, 2.05) is 35.2 Å². The number of hydrogen-bond donors (Lipinski definition) is 1. The fraction of sp³-hybridized carbons (Fsp3) is 0.588. The molecular formula is C17H27N3O. The predicted octanol–water partition coefficient (Wildman–Crippen LogP) is 2.24.